The molecule has 1 heterocycles. The lowest BCUT2D eigenvalue weighted by molar-refractivity contribution is 0.128. The molecule has 2 rings (SSSR count). The zero-order valence-corrected chi connectivity index (χ0v) is 13.1. The van der Waals surface area contributed by atoms with Crippen molar-refractivity contribution in [1.82, 2.24) is 5.32 Å². The smallest absolute Gasteiger partial charge is 0.134 e. The van der Waals surface area contributed by atoms with Crippen LogP contribution in [-0.4, -0.2) is 19.8 Å². The van der Waals surface area contributed by atoms with E-state index in [2.05, 4.69) is 12.2 Å². The fraction of sp³-hybridized carbons (Fsp3) is 0.444. The summed E-state index contributed by atoms with van der Waals surface area (Å²) in [4.78, 5) is 0. The fourth-order valence-electron chi connectivity index (χ4n) is 2.10. The van der Waals surface area contributed by atoms with E-state index in [9.17, 15) is 4.39 Å². The molecule has 0 atom stereocenters. The number of ether oxygens (including phenoxy) is 1. The van der Waals surface area contributed by atoms with E-state index in [1.54, 1.807) is 12.1 Å². The molecule has 4 heteroatoms. The third-order valence-corrected chi connectivity index (χ3v) is 3.37. The van der Waals surface area contributed by atoms with E-state index in [-0.39, 0.29) is 5.82 Å². The predicted octanol–water partition coefficient (Wildman–Crippen LogP) is 4.38. The lowest BCUT2D eigenvalue weighted by Gasteiger charge is -2.04. The Balaban J connectivity index is 1.66. The van der Waals surface area contributed by atoms with Gasteiger partial charge in [-0.3, -0.25) is 0 Å². The largest absolute Gasteiger partial charge is 0.460 e. The first-order valence-electron chi connectivity index (χ1n) is 7.92. The monoisotopic (exact) mass is 305 g/mol. The van der Waals surface area contributed by atoms with Gasteiger partial charge in [-0.05, 0) is 55.8 Å². The molecule has 0 aliphatic heterocycles. The molecular formula is C18H24FNO2. The maximum absolute atomic E-state index is 12.9. The molecule has 1 aromatic carbocycles. The van der Waals surface area contributed by atoms with Gasteiger partial charge in [0, 0.05) is 18.8 Å². The fourth-order valence-corrected chi connectivity index (χ4v) is 2.10. The highest BCUT2D eigenvalue weighted by Crippen LogP contribution is 2.22. The third-order valence-electron chi connectivity index (χ3n) is 3.37. The maximum atomic E-state index is 12.9. The Morgan fingerprint density at radius 1 is 1.05 bits per heavy atom. The summed E-state index contributed by atoms with van der Waals surface area (Å²) in [6.07, 6.45) is 3.30. The van der Waals surface area contributed by atoms with E-state index >= 15 is 0 Å². The van der Waals surface area contributed by atoms with Crippen molar-refractivity contribution < 1.29 is 13.5 Å². The zero-order chi connectivity index (χ0) is 15.6. The van der Waals surface area contributed by atoms with Crippen LogP contribution in [0.25, 0.3) is 11.3 Å². The zero-order valence-electron chi connectivity index (χ0n) is 13.1. The second-order valence-electron chi connectivity index (χ2n) is 5.27. The van der Waals surface area contributed by atoms with E-state index in [0.29, 0.717) is 6.54 Å². The van der Waals surface area contributed by atoms with Gasteiger partial charge < -0.3 is 14.5 Å². The van der Waals surface area contributed by atoms with Crippen LogP contribution in [0.1, 0.15) is 31.9 Å². The van der Waals surface area contributed by atoms with Crippen molar-refractivity contribution in [3.05, 3.63) is 48.0 Å². The molecule has 0 fully saturated rings. The quantitative estimate of drug-likeness (QED) is 0.661. The Labute approximate surface area is 131 Å². The van der Waals surface area contributed by atoms with Crippen molar-refractivity contribution in [2.24, 2.45) is 0 Å². The Morgan fingerprint density at radius 3 is 2.59 bits per heavy atom. The molecule has 2 aromatic rings. The number of unbranched alkanes of at least 4 members (excludes halogenated alkanes) is 1. The summed E-state index contributed by atoms with van der Waals surface area (Å²) < 4.78 is 24.2. The highest BCUT2D eigenvalue weighted by Gasteiger charge is 2.04. The number of halogens is 1. The van der Waals surface area contributed by atoms with Crippen LogP contribution < -0.4 is 5.32 Å². The van der Waals surface area contributed by atoms with Gasteiger partial charge in [-0.1, -0.05) is 13.3 Å². The molecule has 120 valence electrons. The van der Waals surface area contributed by atoms with E-state index in [0.717, 1.165) is 49.7 Å². The SMILES string of the molecule is CCCCOCCCNCc1ccc(-c2ccc(F)cc2)o1. The Morgan fingerprint density at radius 2 is 1.82 bits per heavy atom. The van der Waals surface area contributed by atoms with Crippen LogP contribution >= 0.6 is 0 Å². The van der Waals surface area contributed by atoms with Crippen molar-refractivity contribution in [2.75, 3.05) is 19.8 Å². The lowest BCUT2D eigenvalue weighted by atomic mass is 10.2. The molecular weight excluding hydrogens is 281 g/mol. The lowest BCUT2D eigenvalue weighted by Crippen LogP contribution is -2.16. The first-order chi connectivity index (χ1) is 10.8. The van der Waals surface area contributed by atoms with Crippen LogP contribution in [-0.2, 0) is 11.3 Å². The van der Waals surface area contributed by atoms with Crippen LogP contribution in [0.2, 0.25) is 0 Å². The van der Waals surface area contributed by atoms with Gasteiger partial charge in [-0.15, -0.1) is 0 Å². The van der Waals surface area contributed by atoms with Gasteiger partial charge in [0.05, 0.1) is 6.54 Å². The van der Waals surface area contributed by atoms with Crippen LogP contribution in [0.5, 0.6) is 0 Å². The summed E-state index contributed by atoms with van der Waals surface area (Å²) in [5.74, 6) is 1.41. The molecule has 0 unspecified atom stereocenters. The van der Waals surface area contributed by atoms with Crippen molar-refractivity contribution in [2.45, 2.75) is 32.7 Å². The molecule has 22 heavy (non-hydrogen) atoms. The van der Waals surface area contributed by atoms with Crippen molar-refractivity contribution in [3.63, 3.8) is 0 Å². The molecule has 1 N–H and O–H groups in total. The predicted molar refractivity (Wildman–Crippen MR) is 86.2 cm³/mol. The van der Waals surface area contributed by atoms with Crippen LogP contribution in [0.15, 0.2) is 40.8 Å². The Hall–Kier alpha value is -1.65. The van der Waals surface area contributed by atoms with Gasteiger partial charge in [-0.25, -0.2) is 4.39 Å². The highest BCUT2D eigenvalue weighted by molar-refractivity contribution is 5.57. The van der Waals surface area contributed by atoms with Crippen molar-refractivity contribution in [3.8, 4) is 11.3 Å². The molecule has 0 amide bonds. The van der Waals surface area contributed by atoms with E-state index in [1.165, 1.54) is 18.6 Å². The summed E-state index contributed by atoms with van der Waals surface area (Å²) in [6, 6.07) is 10.2. The summed E-state index contributed by atoms with van der Waals surface area (Å²) in [7, 11) is 0. The average Bonchev–Trinajstić information content (AvgIpc) is 2.99. The summed E-state index contributed by atoms with van der Waals surface area (Å²) in [5, 5.41) is 3.33. The van der Waals surface area contributed by atoms with Crippen LogP contribution in [0, 0.1) is 5.82 Å². The number of rotatable bonds is 10. The topological polar surface area (TPSA) is 34.4 Å². The average molecular weight is 305 g/mol. The summed E-state index contributed by atoms with van der Waals surface area (Å²) in [6.45, 7) is 5.41. The van der Waals surface area contributed by atoms with Gasteiger partial charge >= 0.3 is 0 Å². The third kappa shape index (κ3) is 5.62. The van der Waals surface area contributed by atoms with Gasteiger partial charge in [0.2, 0.25) is 0 Å². The minimum absolute atomic E-state index is 0.238. The molecule has 0 aliphatic carbocycles. The summed E-state index contributed by atoms with van der Waals surface area (Å²) in [5.41, 5.74) is 0.886. The summed E-state index contributed by atoms with van der Waals surface area (Å²) >= 11 is 0. The molecule has 1 aromatic heterocycles. The van der Waals surface area contributed by atoms with Gasteiger partial charge in [-0.2, -0.15) is 0 Å². The Bertz CT molecular complexity index is 536. The highest BCUT2D eigenvalue weighted by atomic mass is 19.1. The number of benzene rings is 1. The second-order valence-corrected chi connectivity index (χ2v) is 5.27. The molecule has 0 saturated carbocycles. The standard InChI is InChI=1S/C18H24FNO2/c1-2-3-12-21-13-4-11-20-14-17-9-10-18(22-17)15-5-7-16(19)8-6-15/h5-10,20H,2-4,11-14H2,1H3. The molecule has 0 saturated heterocycles. The molecule has 0 aliphatic rings. The maximum Gasteiger partial charge on any atom is 0.134 e. The number of furan rings is 1. The number of hydrogen-bond donors (Lipinski definition) is 1. The van der Waals surface area contributed by atoms with Crippen molar-refractivity contribution >= 4 is 0 Å². The second kappa shape index (κ2) is 9.38. The first-order valence-corrected chi connectivity index (χ1v) is 7.92. The van der Waals surface area contributed by atoms with Gasteiger partial charge in [0.25, 0.3) is 0 Å². The van der Waals surface area contributed by atoms with E-state index in [1.807, 2.05) is 12.1 Å². The number of hydrogen-bond acceptors (Lipinski definition) is 3. The first kappa shape index (κ1) is 16.7. The van der Waals surface area contributed by atoms with E-state index in [4.69, 9.17) is 9.15 Å². The molecule has 0 bridgehead atoms. The van der Waals surface area contributed by atoms with Crippen LogP contribution in [0.3, 0.4) is 0 Å². The number of nitrogens with one attached hydrogen (secondary N) is 1. The van der Waals surface area contributed by atoms with Crippen molar-refractivity contribution in [1.29, 1.82) is 0 Å². The minimum Gasteiger partial charge on any atom is -0.460 e. The molecule has 3 nitrogen and oxygen atoms in total. The normalized spacial score (nSPS) is 11.0. The van der Waals surface area contributed by atoms with Gasteiger partial charge in [0.15, 0.2) is 0 Å². The van der Waals surface area contributed by atoms with Gasteiger partial charge in [0.1, 0.15) is 17.3 Å². The Kier molecular flexibility index (Phi) is 7.13. The molecule has 0 spiro atoms. The van der Waals surface area contributed by atoms with Crippen LogP contribution in [0.4, 0.5) is 4.39 Å². The minimum atomic E-state index is -0.238. The van der Waals surface area contributed by atoms with E-state index < -0.39 is 0 Å². The molecule has 0 radical (unpaired) electrons.